The van der Waals surface area contributed by atoms with Crippen molar-refractivity contribution in [2.45, 2.75) is 60.8 Å². The minimum Gasteiger partial charge on any atom is -0.153 e. The van der Waals surface area contributed by atoms with Gasteiger partial charge in [0, 0.05) is 1.43 Å². The van der Waals surface area contributed by atoms with Gasteiger partial charge < -0.3 is 0 Å². The largest absolute Gasteiger partial charge is 0.153 e. The summed E-state index contributed by atoms with van der Waals surface area (Å²) in [5.41, 5.74) is 0. The van der Waals surface area contributed by atoms with Gasteiger partial charge in [0.1, 0.15) is 0 Å². The van der Waals surface area contributed by atoms with Crippen LogP contribution in [0.2, 0.25) is 0 Å². The Hall–Kier alpha value is 0.430. The Morgan fingerprint density at radius 1 is 1.08 bits per heavy atom. The molecule has 1 atom stereocenters. The molecule has 1 saturated carbocycles. The van der Waals surface area contributed by atoms with Crippen LogP contribution in [0.4, 0.5) is 0 Å². The molecule has 80 valence electrons. The zero-order chi connectivity index (χ0) is 9.28. The van der Waals surface area contributed by atoms with Crippen molar-refractivity contribution in [3.63, 3.8) is 0 Å². The van der Waals surface area contributed by atoms with Crippen molar-refractivity contribution in [2.75, 3.05) is 0 Å². The summed E-state index contributed by atoms with van der Waals surface area (Å²) < 4.78 is 0. The van der Waals surface area contributed by atoms with Crippen LogP contribution >= 0.6 is 9.90 Å². The predicted octanol–water partition coefficient (Wildman–Crippen LogP) is 4.80. The van der Waals surface area contributed by atoms with Gasteiger partial charge in [-0.05, 0) is 11.8 Å². The molecular formula is C11H31P. The molecule has 0 aliphatic heterocycles. The fourth-order valence-electron chi connectivity index (χ4n) is 0.612. The van der Waals surface area contributed by atoms with Crippen molar-refractivity contribution in [1.82, 2.24) is 0 Å². The van der Waals surface area contributed by atoms with Crippen molar-refractivity contribution in [2.24, 2.45) is 11.8 Å². The van der Waals surface area contributed by atoms with Crippen LogP contribution in [0.5, 0.6) is 0 Å². The van der Waals surface area contributed by atoms with Gasteiger partial charge >= 0.3 is 0 Å². The van der Waals surface area contributed by atoms with Crippen LogP contribution in [-0.2, 0) is 0 Å². The van der Waals surface area contributed by atoms with Crippen LogP contribution in [0.1, 0.15) is 62.2 Å². The molecule has 0 aromatic carbocycles. The van der Waals surface area contributed by atoms with Gasteiger partial charge in [0.15, 0.2) is 0 Å². The molecule has 0 nitrogen and oxygen atoms in total. The molecule has 0 N–H and O–H groups in total. The van der Waals surface area contributed by atoms with Crippen molar-refractivity contribution in [3.05, 3.63) is 0 Å². The van der Waals surface area contributed by atoms with Gasteiger partial charge in [-0.1, -0.05) is 60.8 Å². The minimum absolute atomic E-state index is 0. The lowest BCUT2D eigenvalue weighted by molar-refractivity contribution is 0.346. The highest BCUT2D eigenvalue weighted by Crippen LogP contribution is 2.24. The van der Waals surface area contributed by atoms with Gasteiger partial charge in [-0.15, -0.1) is 0 Å². The molecule has 0 aromatic heterocycles. The molecule has 0 heterocycles. The number of hydrogen-bond acceptors (Lipinski definition) is 0. The summed E-state index contributed by atoms with van der Waals surface area (Å²) in [5, 5.41) is 0. The van der Waals surface area contributed by atoms with Gasteiger partial charge in [0.2, 0.25) is 0 Å². The van der Waals surface area contributed by atoms with Crippen molar-refractivity contribution in [3.8, 4) is 0 Å². The topological polar surface area (TPSA) is 0 Å². The van der Waals surface area contributed by atoms with E-state index in [2.05, 4.69) is 27.7 Å². The number of rotatable bonds is 0. The molecule has 0 aromatic rings. The highest BCUT2D eigenvalue weighted by Gasteiger charge is 2.09. The summed E-state index contributed by atoms with van der Waals surface area (Å²) >= 11 is 0. The van der Waals surface area contributed by atoms with E-state index in [1.165, 1.54) is 19.3 Å². The molecule has 1 rings (SSSR count). The first-order valence-electron chi connectivity index (χ1n) is 5.13. The Morgan fingerprint density at radius 2 is 1.25 bits per heavy atom. The quantitative estimate of drug-likeness (QED) is 0.488. The summed E-state index contributed by atoms with van der Waals surface area (Å²) in [6.07, 6.45) is 4.46. The average molecular weight is 196 g/mol. The maximum Gasteiger partial charge on any atom is 0 e. The third-order valence-electron chi connectivity index (χ3n) is 1.39. The van der Waals surface area contributed by atoms with E-state index in [0.29, 0.717) is 0 Å². The summed E-state index contributed by atoms with van der Waals surface area (Å²) in [4.78, 5) is 0. The van der Waals surface area contributed by atoms with Gasteiger partial charge in [-0.3, -0.25) is 0 Å². The van der Waals surface area contributed by atoms with Crippen LogP contribution < -0.4 is 0 Å². The fourth-order valence-corrected chi connectivity index (χ4v) is 0.612. The van der Waals surface area contributed by atoms with Crippen molar-refractivity contribution in [1.29, 1.82) is 0 Å². The van der Waals surface area contributed by atoms with Gasteiger partial charge in [-0.25, -0.2) is 0 Å². The van der Waals surface area contributed by atoms with E-state index >= 15 is 0 Å². The van der Waals surface area contributed by atoms with E-state index in [9.17, 15) is 0 Å². The standard InChI is InChI=1S/C5H10.C4H10.C2H6.H3P.H2/c1-5-3-2-4-5;1-4(2)3;1-2;;/h5H,2-4H2,1H3;4H,1-3H3;1-2H3;1H3;1H/i;;;;1+2. The first-order chi connectivity index (χ1) is 5.13. The number of hydrogen-bond donors (Lipinski definition) is 0. The first-order valence-corrected chi connectivity index (χ1v) is 5.13. The van der Waals surface area contributed by atoms with E-state index in [1.807, 2.05) is 13.8 Å². The molecule has 0 bridgehead atoms. The van der Waals surface area contributed by atoms with E-state index in [1.54, 1.807) is 0 Å². The summed E-state index contributed by atoms with van der Waals surface area (Å²) in [7, 11) is 0. The van der Waals surface area contributed by atoms with E-state index in [0.717, 1.165) is 11.8 Å². The molecule has 0 spiro atoms. The first kappa shape index (κ1) is 18.3. The lowest BCUT2D eigenvalue weighted by atomic mass is 9.88. The van der Waals surface area contributed by atoms with Gasteiger partial charge in [-0.2, -0.15) is 9.90 Å². The molecule has 1 fully saturated rings. The van der Waals surface area contributed by atoms with Crippen LogP contribution in [0.3, 0.4) is 0 Å². The second kappa shape index (κ2) is 14.0. The Bertz CT molecular complexity index is 58.4. The molecule has 12 heavy (non-hydrogen) atoms. The average Bonchev–Trinajstić information content (AvgIpc) is 1.87. The molecule has 1 aliphatic carbocycles. The summed E-state index contributed by atoms with van der Waals surface area (Å²) in [5.74, 6) is 1.90. The molecule has 0 saturated heterocycles. The predicted molar refractivity (Wildman–Crippen MR) is 68.1 cm³/mol. The molecule has 0 amide bonds. The van der Waals surface area contributed by atoms with Crippen LogP contribution in [0.25, 0.3) is 0 Å². The van der Waals surface area contributed by atoms with Gasteiger partial charge in [0.25, 0.3) is 0 Å². The normalized spacial score (nSPS) is 14.2. The molecule has 1 heteroatoms. The lowest BCUT2D eigenvalue weighted by Gasteiger charge is -2.18. The molecule has 0 radical (unpaired) electrons. The smallest absolute Gasteiger partial charge is 0 e. The highest BCUT2D eigenvalue weighted by molar-refractivity contribution is 6.92. The van der Waals surface area contributed by atoms with Gasteiger partial charge in [0.05, 0.1) is 0 Å². The lowest BCUT2D eigenvalue weighted by Crippen LogP contribution is -2.04. The van der Waals surface area contributed by atoms with E-state index in [4.69, 9.17) is 0 Å². The zero-order valence-electron chi connectivity index (χ0n) is 9.98. The Morgan fingerprint density at radius 3 is 1.25 bits per heavy atom. The highest BCUT2D eigenvalue weighted by atomic mass is 31.0. The van der Waals surface area contributed by atoms with Crippen LogP contribution in [-0.4, -0.2) is 0 Å². The maximum atomic E-state index is 2.31. The van der Waals surface area contributed by atoms with Crippen LogP contribution in [0, 0.1) is 11.8 Å². The zero-order valence-corrected chi connectivity index (χ0v) is 11.4. The summed E-state index contributed by atoms with van der Waals surface area (Å²) in [6, 6.07) is 0. The Labute approximate surface area is 84.6 Å². The van der Waals surface area contributed by atoms with E-state index < -0.39 is 0 Å². The maximum absolute atomic E-state index is 2.31. The third kappa shape index (κ3) is 22.4. The van der Waals surface area contributed by atoms with Crippen molar-refractivity contribution < 1.29 is 1.43 Å². The molecule has 1 unspecified atom stereocenters. The van der Waals surface area contributed by atoms with E-state index in [-0.39, 0.29) is 11.3 Å². The monoisotopic (exact) mass is 196 g/mol. The Kier molecular flexibility index (Phi) is 21.3. The molecular weight excluding hydrogens is 163 g/mol. The third-order valence-corrected chi connectivity index (χ3v) is 1.39. The Balaban J connectivity index is -0.0000000472. The van der Waals surface area contributed by atoms with Crippen molar-refractivity contribution >= 4 is 9.90 Å². The van der Waals surface area contributed by atoms with Crippen LogP contribution in [0.15, 0.2) is 0 Å². The second-order valence-electron chi connectivity index (χ2n) is 3.77. The minimum atomic E-state index is 0. The summed E-state index contributed by atoms with van der Waals surface area (Å²) in [6.45, 7) is 12.8. The molecule has 1 aliphatic rings. The fraction of sp³-hybridized carbons (Fsp3) is 1.00. The second-order valence-corrected chi connectivity index (χ2v) is 3.77. The SMILES string of the molecule is CC.CC(C)C.CC1CCC1.P.[3HH].